The van der Waals surface area contributed by atoms with Crippen LogP contribution in [-0.4, -0.2) is 22.5 Å². The lowest BCUT2D eigenvalue weighted by atomic mass is 10.2. The summed E-state index contributed by atoms with van der Waals surface area (Å²) in [6.45, 7) is 1.84. The number of rotatable bonds is 4. The molecule has 0 radical (unpaired) electrons. The van der Waals surface area contributed by atoms with Gasteiger partial charge in [-0.05, 0) is 42.8 Å². The molecule has 0 spiro atoms. The molecule has 0 fully saturated rings. The second kappa shape index (κ2) is 6.45. The molecular formula is C16H12F3N3O3S. The normalized spacial score (nSPS) is 12.8. The lowest BCUT2D eigenvalue weighted by Crippen LogP contribution is -2.10. The van der Waals surface area contributed by atoms with Gasteiger partial charge in [-0.1, -0.05) is 22.9 Å². The minimum Gasteiger partial charge on any atom is -0.329 e. The van der Waals surface area contributed by atoms with Crippen LogP contribution in [0.1, 0.15) is 22.8 Å². The zero-order chi connectivity index (χ0) is 18.9. The van der Waals surface area contributed by atoms with Gasteiger partial charge in [0.15, 0.2) is 5.82 Å². The van der Waals surface area contributed by atoms with Crippen molar-refractivity contribution in [3.8, 4) is 0 Å². The summed E-state index contributed by atoms with van der Waals surface area (Å²) in [6, 6.07) is 7.86. The van der Waals surface area contributed by atoms with E-state index in [1.165, 1.54) is 42.7 Å². The van der Waals surface area contributed by atoms with Crippen LogP contribution in [0.2, 0.25) is 0 Å². The summed E-state index contributed by atoms with van der Waals surface area (Å²) in [6.07, 6.45) is 0.524. The monoisotopic (exact) mass is 383 g/mol. The molecule has 0 aliphatic heterocycles. The summed E-state index contributed by atoms with van der Waals surface area (Å²) in [5, 5.41) is 3.19. The van der Waals surface area contributed by atoms with Crippen molar-refractivity contribution < 1.29 is 26.1 Å². The maximum absolute atomic E-state index is 12.5. The first-order valence-corrected chi connectivity index (χ1v) is 8.69. The number of alkyl halides is 3. The number of halogens is 3. The highest BCUT2D eigenvalue weighted by atomic mass is 32.2. The van der Waals surface area contributed by atoms with Gasteiger partial charge in [0.2, 0.25) is 0 Å². The van der Waals surface area contributed by atoms with Gasteiger partial charge in [0.05, 0.1) is 4.90 Å². The van der Waals surface area contributed by atoms with Gasteiger partial charge in [-0.3, -0.25) is 0 Å². The Hall–Kier alpha value is -2.88. The minimum atomic E-state index is -4.72. The highest BCUT2D eigenvalue weighted by molar-refractivity contribution is 7.90. The molecule has 2 aromatic heterocycles. The van der Waals surface area contributed by atoms with Crippen molar-refractivity contribution in [1.82, 2.24) is 14.1 Å². The van der Waals surface area contributed by atoms with E-state index in [1.807, 2.05) is 6.92 Å². The Labute approximate surface area is 146 Å². The van der Waals surface area contributed by atoms with Gasteiger partial charge in [-0.2, -0.15) is 18.2 Å². The fourth-order valence-corrected chi connectivity index (χ4v) is 3.27. The van der Waals surface area contributed by atoms with Gasteiger partial charge in [0.25, 0.3) is 10.0 Å². The Kier molecular flexibility index (Phi) is 4.45. The van der Waals surface area contributed by atoms with E-state index in [1.54, 1.807) is 12.1 Å². The predicted molar refractivity (Wildman–Crippen MR) is 86.4 cm³/mol. The Balaban J connectivity index is 1.81. The van der Waals surface area contributed by atoms with Gasteiger partial charge in [-0.25, -0.2) is 12.4 Å². The van der Waals surface area contributed by atoms with Gasteiger partial charge in [0, 0.05) is 12.4 Å². The zero-order valence-electron chi connectivity index (χ0n) is 13.3. The van der Waals surface area contributed by atoms with Crippen LogP contribution < -0.4 is 0 Å². The van der Waals surface area contributed by atoms with Crippen molar-refractivity contribution >= 4 is 22.2 Å². The Morgan fingerprint density at radius 2 is 1.81 bits per heavy atom. The third-order valence-electron chi connectivity index (χ3n) is 3.40. The molecule has 0 aliphatic rings. The molecule has 136 valence electrons. The van der Waals surface area contributed by atoms with E-state index >= 15 is 0 Å². The summed E-state index contributed by atoms with van der Waals surface area (Å²) >= 11 is 0. The number of nitrogens with zero attached hydrogens (tertiary/aromatic N) is 3. The van der Waals surface area contributed by atoms with Crippen LogP contribution in [0.4, 0.5) is 13.2 Å². The Bertz CT molecular complexity index is 1050. The van der Waals surface area contributed by atoms with E-state index in [2.05, 4.69) is 14.7 Å². The molecule has 6 nitrogen and oxygen atoms in total. The highest BCUT2D eigenvalue weighted by Gasteiger charge is 2.38. The summed E-state index contributed by atoms with van der Waals surface area (Å²) < 4.78 is 67.4. The standard InChI is InChI=1S/C16H12F3N3O3S/c1-11-2-5-13(6-3-11)26(23,24)22-9-8-12(10-22)4-7-14-20-15(25-21-14)16(17,18)19/h2-10H,1H3. The molecule has 0 saturated carbocycles. The molecule has 0 aliphatic carbocycles. The van der Waals surface area contributed by atoms with Crippen molar-refractivity contribution in [3.63, 3.8) is 0 Å². The van der Waals surface area contributed by atoms with E-state index < -0.39 is 22.1 Å². The number of aryl methyl sites for hydroxylation is 1. The molecule has 0 amide bonds. The fraction of sp³-hybridized carbons (Fsp3) is 0.125. The Morgan fingerprint density at radius 3 is 2.42 bits per heavy atom. The first-order valence-electron chi connectivity index (χ1n) is 7.25. The van der Waals surface area contributed by atoms with Crippen LogP contribution in [0, 0.1) is 6.92 Å². The van der Waals surface area contributed by atoms with Gasteiger partial charge >= 0.3 is 12.1 Å². The second-order valence-corrected chi connectivity index (χ2v) is 7.22. The maximum Gasteiger partial charge on any atom is 0.471 e. The van der Waals surface area contributed by atoms with Gasteiger partial charge < -0.3 is 4.52 Å². The molecule has 0 bridgehead atoms. The van der Waals surface area contributed by atoms with Crippen molar-refractivity contribution in [2.75, 3.05) is 0 Å². The molecule has 3 rings (SSSR count). The molecule has 0 saturated heterocycles. The van der Waals surface area contributed by atoms with Crippen LogP contribution in [0.5, 0.6) is 0 Å². The number of benzene rings is 1. The quantitative estimate of drug-likeness (QED) is 0.688. The highest BCUT2D eigenvalue weighted by Crippen LogP contribution is 2.27. The third kappa shape index (κ3) is 3.69. The molecule has 3 aromatic rings. The smallest absolute Gasteiger partial charge is 0.329 e. The number of hydrogen-bond donors (Lipinski definition) is 0. The number of hydrogen-bond acceptors (Lipinski definition) is 5. The largest absolute Gasteiger partial charge is 0.471 e. The van der Waals surface area contributed by atoms with E-state index in [-0.39, 0.29) is 10.7 Å². The third-order valence-corrected chi connectivity index (χ3v) is 5.05. The van der Waals surface area contributed by atoms with Crippen LogP contribution in [-0.2, 0) is 16.2 Å². The summed E-state index contributed by atoms with van der Waals surface area (Å²) in [4.78, 5) is 3.32. The van der Waals surface area contributed by atoms with Gasteiger partial charge in [0.1, 0.15) is 0 Å². The van der Waals surface area contributed by atoms with E-state index in [9.17, 15) is 21.6 Å². The van der Waals surface area contributed by atoms with Crippen molar-refractivity contribution in [1.29, 1.82) is 0 Å². The predicted octanol–water partition coefficient (Wildman–Crippen LogP) is 3.61. The molecule has 0 unspecified atom stereocenters. The van der Waals surface area contributed by atoms with Crippen LogP contribution in [0.25, 0.3) is 12.2 Å². The second-order valence-electron chi connectivity index (χ2n) is 5.38. The van der Waals surface area contributed by atoms with Crippen molar-refractivity contribution in [2.45, 2.75) is 18.0 Å². The van der Waals surface area contributed by atoms with Crippen molar-refractivity contribution in [3.05, 3.63) is 65.6 Å². The molecule has 0 N–H and O–H groups in total. The zero-order valence-corrected chi connectivity index (χ0v) is 14.1. The summed E-state index contributed by atoms with van der Waals surface area (Å²) in [5.74, 6) is -1.72. The number of aromatic nitrogens is 3. The van der Waals surface area contributed by atoms with Crippen LogP contribution in [0.15, 0.2) is 52.1 Å². The molecular weight excluding hydrogens is 371 g/mol. The average molecular weight is 383 g/mol. The average Bonchev–Trinajstić information content (AvgIpc) is 3.22. The van der Waals surface area contributed by atoms with Crippen molar-refractivity contribution in [2.24, 2.45) is 0 Å². The fourth-order valence-electron chi connectivity index (χ4n) is 2.06. The molecule has 1 aromatic carbocycles. The first-order chi connectivity index (χ1) is 12.2. The topological polar surface area (TPSA) is 78.0 Å². The van der Waals surface area contributed by atoms with E-state index in [0.717, 1.165) is 9.54 Å². The van der Waals surface area contributed by atoms with Crippen LogP contribution in [0.3, 0.4) is 0 Å². The molecule has 10 heteroatoms. The van der Waals surface area contributed by atoms with Crippen LogP contribution >= 0.6 is 0 Å². The molecule has 26 heavy (non-hydrogen) atoms. The molecule has 0 atom stereocenters. The van der Waals surface area contributed by atoms with E-state index in [4.69, 9.17) is 0 Å². The SMILES string of the molecule is Cc1ccc(S(=O)(=O)n2ccc(C=Cc3noc(C(F)(F)F)n3)c2)cc1. The van der Waals surface area contributed by atoms with E-state index in [0.29, 0.717) is 5.56 Å². The lowest BCUT2D eigenvalue weighted by molar-refractivity contribution is -0.159. The Morgan fingerprint density at radius 1 is 1.12 bits per heavy atom. The summed E-state index contributed by atoms with van der Waals surface area (Å²) in [5.41, 5.74) is 1.37. The maximum atomic E-state index is 12.5. The first kappa shape index (κ1) is 17.9. The summed E-state index contributed by atoms with van der Waals surface area (Å²) in [7, 11) is -3.75. The lowest BCUT2D eigenvalue weighted by Gasteiger charge is -2.05. The minimum absolute atomic E-state index is 0.127. The molecule has 2 heterocycles. The van der Waals surface area contributed by atoms with Gasteiger partial charge in [-0.15, -0.1) is 0 Å².